The Labute approximate surface area is 160 Å². The van der Waals surface area contributed by atoms with Gasteiger partial charge in [0.2, 0.25) is 10.0 Å². The van der Waals surface area contributed by atoms with E-state index in [0.717, 1.165) is 28.1 Å². The zero-order valence-electron chi connectivity index (χ0n) is 15.1. The normalized spacial score (nSPS) is 19.3. The molecule has 1 saturated heterocycles. The van der Waals surface area contributed by atoms with Gasteiger partial charge in [0.05, 0.1) is 20.1 Å². The summed E-state index contributed by atoms with van der Waals surface area (Å²) in [6.45, 7) is 7.65. The van der Waals surface area contributed by atoms with Crippen LogP contribution in [0, 0.1) is 0 Å². The second-order valence-corrected chi connectivity index (χ2v) is 10.3. The minimum atomic E-state index is -3.46. The predicted octanol–water partition coefficient (Wildman–Crippen LogP) is 3.39. The Morgan fingerprint density at radius 1 is 1.36 bits per heavy atom. The molecular formula is C17H26ClN3O2S2. The van der Waals surface area contributed by atoms with Gasteiger partial charge < -0.3 is 5.32 Å². The summed E-state index contributed by atoms with van der Waals surface area (Å²) in [6, 6.07) is 5.35. The Morgan fingerprint density at radius 2 is 2.08 bits per heavy atom. The minimum Gasteiger partial charge on any atom is -0.318 e. The van der Waals surface area contributed by atoms with E-state index in [1.807, 2.05) is 13.1 Å². The molecular weight excluding hydrogens is 378 g/mol. The molecule has 25 heavy (non-hydrogen) atoms. The van der Waals surface area contributed by atoms with Crippen LogP contribution in [0.4, 0.5) is 0 Å². The van der Waals surface area contributed by atoms with E-state index in [0.29, 0.717) is 18.0 Å². The summed E-state index contributed by atoms with van der Waals surface area (Å²) < 4.78 is 28.7. The van der Waals surface area contributed by atoms with Gasteiger partial charge in [-0.2, -0.15) is 4.31 Å². The summed E-state index contributed by atoms with van der Waals surface area (Å²) in [6.07, 6.45) is 1.83. The van der Waals surface area contributed by atoms with Crippen molar-refractivity contribution >= 4 is 44.0 Å². The molecule has 1 unspecified atom stereocenters. The van der Waals surface area contributed by atoms with Gasteiger partial charge in [-0.1, -0.05) is 20.8 Å². The Kier molecular flexibility index (Phi) is 6.16. The number of benzene rings is 1. The van der Waals surface area contributed by atoms with Crippen molar-refractivity contribution in [3.05, 3.63) is 23.2 Å². The van der Waals surface area contributed by atoms with E-state index in [4.69, 9.17) is 0 Å². The van der Waals surface area contributed by atoms with Gasteiger partial charge in [-0.3, -0.25) is 0 Å². The van der Waals surface area contributed by atoms with Crippen molar-refractivity contribution in [3.8, 4) is 0 Å². The van der Waals surface area contributed by atoms with Crippen molar-refractivity contribution in [1.82, 2.24) is 14.6 Å². The van der Waals surface area contributed by atoms with Crippen molar-refractivity contribution in [3.63, 3.8) is 0 Å². The van der Waals surface area contributed by atoms with Crippen LogP contribution in [-0.2, 0) is 15.4 Å². The van der Waals surface area contributed by atoms with Gasteiger partial charge in [0.1, 0.15) is 0 Å². The highest BCUT2D eigenvalue weighted by Crippen LogP contribution is 2.33. The molecule has 0 radical (unpaired) electrons. The fourth-order valence-electron chi connectivity index (χ4n) is 3.09. The highest BCUT2D eigenvalue weighted by Gasteiger charge is 2.35. The quantitative estimate of drug-likeness (QED) is 0.849. The van der Waals surface area contributed by atoms with Crippen LogP contribution in [0.3, 0.4) is 0 Å². The average Bonchev–Trinajstić information content (AvgIpc) is 3.12. The van der Waals surface area contributed by atoms with Crippen molar-refractivity contribution < 1.29 is 8.42 Å². The van der Waals surface area contributed by atoms with Gasteiger partial charge >= 0.3 is 0 Å². The van der Waals surface area contributed by atoms with Crippen molar-refractivity contribution in [2.24, 2.45) is 0 Å². The molecule has 0 bridgehead atoms. The third-order valence-electron chi connectivity index (χ3n) is 4.37. The largest absolute Gasteiger partial charge is 0.318 e. The molecule has 5 nitrogen and oxygen atoms in total. The smallest absolute Gasteiger partial charge is 0.243 e. The Bertz CT molecular complexity index is 843. The lowest BCUT2D eigenvalue weighted by Crippen LogP contribution is -2.40. The van der Waals surface area contributed by atoms with Crippen LogP contribution in [0.25, 0.3) is 10.2 Å². The van der Waals surface area contributed by atoms with E-state index in [-0.39, 0.29) is 23.9 Å². The number of fused-ring (bicyclic) bond motifs is 1. The first-order valence-corrected chi connectivity index (χ1v) is 10.6. The van der Waals surface area contributed by atoms with Crippen molar-refractivity contribution in [1.29, 1.82) is 0 Å². The SMILES string of the molecule is CNCC1CCCN1S(=O)(=O)c1ccc2nc(C(C)(C)C)sc2c1.Cl. The molecule has 0 amide bonds. The third kappa shape index (κ3) is 4.01. The van der Waals surface area contributed by atoms with Gasteiger partial charge in [-0.05, 0) is 38.1 Å². The molecule has 3 rings (SSSR count). The average molecular weight is 404 g/mol. The first-order chi connectivity index (χ1) is 11.2. The fourth-order valence-corrected chi connectivity index (χ4v) is 5.94. The molecule has 8 heteroatoms. The van der Waals surface area contributed by atoms with Gasteiger partial charge in [0.25, 0.3) is 0 Å². The number of hydrogen-bond acceptors (Lipinski definition) is 5. The summed E-state index contributed by atoms with van der Waals surface area (Å²) in [5.41, 5.74) is 0.840. The van der Waals surface area contributed by atoms with Gasteiger partial charge in [-0.15, -0.1) is 23.7 Å². The van der Waals surface area contributed by atoms with Crippen LogP contribution in [0.2, 0.25) is 0 Å². The molecule has 0 saturated carbocycles. The molecule has 2 heterocycles. The van der Waals surface area contributed by atoms with E-state index in [1.165, 1.54) is 0 Å². The van der Waals surface area contributed by atoms with Crippen LogP contribution in [-0.4, -0.2) is 43.9 Å². The molecule has 140 valence electrons. The molecule has 2 aromatic rings. The molecule has 1 aliphatic heterocycles. The summed E-state index contributed by atoms with van der Waals surface area (Å²) >= 11 is 1.58. The van der Waals surface area contributed by atoms with E-state index in [1.54, 1.807) is 27.8 Å². The zero-order chi connectivity index (χ0) is 17.5. The highest BCUT2D eigenvalue weighted by atomic mass is 35.5. The molecule has 1 aromatic carbocycles. The molecule has 1 atom stereocenters. The van der Waals surface area contributed by atoms with Crippen LogP contribution >= 0.6 is 23.7 Å². The molecule has 1 aromatic heterocycles. The van der Waals surface area contributed by atoms with Crippen LogP contribution in [0.5, 0.6) is 0 Å². The maximum absolute atomic E-state index is 13.0. The summed E-state index contributed by atoms with van der Waals surface area (Å²) in [7, 11) is -1.59. The van der Waals surface area contributed by atoms with E-state index < -0.39 is 10.0 Å². The second kappa shape index (κ2) is 7.48. The lowest BCUT2D eigenvalue weighted by atomic mass is 9.98. The number of halogens is 1. The maximum atomic E-state index is 13.0. The van der Waals surface area contributed by atoms with Gasteiger partial charge in [0, 0.05) is 24.5 Å². The summed E-state index contributed by atoms with van der Waals surface area (Å²) in [5.74, 6) is 0. The zero-order valence-corrected chi connectivity index (χ0v) is 17.5. The number of sulfonamides is 1. The Morgan fingerprint density at radius 3 is 2.72 bits per heavy atom. The van der Waals surface area contributed by atoms with E-state index in [9.17, 15) is 8.42 Å². The standard InChI is InChI=1S/C17H25N3O2S2.ClH/c1-17(2,3)16-19-14-8-7-13(10-15(14)23-16)24(21,22)20-9-5-6-12(20)11-18-4;/h7-8,10,12,18H,5-6,9,11H2,1-4H3;1H. The van der Waals surface area contributed by atoms with E-state index >= 15 is 0 Å². The first-order valence-electron chi connectivity index (χ1n) is 8.31. The monoisotopic (exact) mass is 403 g/mol. The fraction of sp³-hybridized carbons (Fsp3) is 0.588. The first kappa shape index (κ1) is 20.6. The number of thiazole rings is 1. The van der Waals surface area contributed by atoms with E-state index in [2.05, 4.69) is 31.1 Å². The summed E-state index contributed by atoms with van der Waals surface area (Å²) in [5, 5.41) is 4.13. The Balaban J connectivity index is 0.00000225. The number of nitrogens with one attached hydrogen (secondary N) is 1. The third-order valence-corrected chi connectivity index (χ3v) is 7.76. The minimum absolute atomic E-state index is 0. The molecule has 1 aliphatic rings. The molecule has 1 fully saturated rings. The second-order valence-electron chi connectivity index (χ2n) is 7.37. The highest BCUT2D eigenvalue weighted by molar-refractivity contribution is 7.89. The number of nitrogens with zero attached hydrogens (tertiary/aromatic N) is 2. The van der Waals surface area contributed by atoms with Crippen molar-refractivity contribution in [2.75, 3.05) is 20.1 Å². The molecule has 1 N–H and O–H groups in total. The topological polar surface area (TPSA) is 62.3 Å². The predicted molar refractivity (Wildman–Crippen MR) is 106 cm³/mol. The lowest BCUT2D eigenvalue weighted by Gasteiger charge is -2.23. The van der Waals surface area contributed by atoms with Crippen LogP contribution < -0.4 is 5.32 Å². The van der Waals surface area contributed by atoms with Crippen molar-refractivity contribution in [2.45, 2.75) is 50.0 Å². The van der Waals surface area contributed by atoms with Gasteiger partial charge in [-0.25, -0.2) is 13.4 Å². The lowest BCUT2D eigenvalue weighted by molar-refractivity contribution is 0.379. The molecule has 0 aliphatic carbocycles. The maximum Gasteiger partial charge on any atom is 0.243 e. The Hall–Kier alpha value is -0.730. The van der Waals surface area contributed by atoms with Crippen LogP contribution in [0.15, 0.2) is 23.1 Å². The molecule has 0 spiro atoms. The summed E-state index contributed by atoms with van der Waals surface area (Å²) in [4.78, 5) is 5.03. The number of rotatable bonds is 4. The van der Waals surface area contributed by atoms with Gasteiger partial charge in [0.15, 0.2) is 0 Å². The van der Waals surface area contributed by atoms with Crippen LogP contribution in [0.1, 0.15) is 38.6 Å². The number of likely N-dealkylation sites (N-methyl/N-ethyl adjacent to an activating group) is 1. The number of aromatic nitrogens is 1. The number of hydrogen-bond donors (Lipinski definition) is 1.